The lowest BCUT2D eigenvalue weighted by Gasteiger charge is -2.49. The molecule has 0 unspecified atom stereocenters. The summed E-state index contributed by atoms with van der Waals surface area (Å²) in [7, 11) is 0. The van der Waals surface area contributed by atoms with Gasteiger partial charge < -0.3 is 14.9 Å². The van der Waals surface area contributed by atoms with E-state index in [0.29, 0.717) is 6.42 Å². The number of fused-ring (bicyclic) bond motifs is 1. The number of carbonyl (C=O) groups is 1. The molecule has 3 saturated carbocycles. The highest BCUT2D eigenvalue weighted by atomic mass is 16.6. The average Bonchev–Trinajstić information content (AvgIpc) is 2.70. The lowest BCUT2D eigenvalue weighted by Crippen LogP contribution is -2.53. The first kappa shape index (κ1) is 15.3. The minimum atomic E-state index is -0.602. The Kier molecular flexibility index (Phi) is 3.08. The molecule has 0 radical (unpaired) electrons. The molecule has 2 N–H and O–H groups in total. The third-order valence-electron chi connectivity index (χ3n) is 7.24. The zero-order chi connectivity index (χ0) is 15.8. The van der Waals surface area contributed by atoms with Gasteiger partial charge in [0.15, 0.2) is 0 Å². The van der Waals surface area contributed by atoms with Crippen LogP contribution < -0.4 is 0 Å². The zero-order valence-electron chi connectivity index (χ0n) is 13.7. The Morgan fingerprint density at radius 2 is 1.76 bits per heavy atom. The van der Waals surface area contributed by atoms with E-state index in [-0.39, 0.29) is 40.7 Å². The van der Waals surface area contributed by atoms with E-state index in [2.05, 4.69) is 20.8 Å². The van der Waals surface area contributed by atoms with Crippen LogP contribution >= 0.6 is 0 Å². The van der Waals surface area contributed by atoms with Gasteiger partial charge in [-0.15, -0.1) is 0 Å². The molecule has 0 aromatic rings. The fourth-order valence-corrected chi connectivity index (χ4v) is 6.36. The molecular formula is C17H28O4. The van der Waals surface area contributed by atoms with Crippen molar-refractivity contribution in [1.82, 2.24) is 0 Å². The molecule has 21 heavy (non-hydrogen) atoms. The fraction of sp³-hybridized carbons (Fsp3) is 0.941. The van der Waals surface area contributed by atoms with Gasteiger partial charge in [0.05, 0.1) is 12.2 Å². The van der Waals surface area contributed by atoms with Crippen molar-refractivity contribution in [1.29, 1.82) is 0 Å². The van der Waals surface area contributed by atoms with Gasteiger partial charge in [0, 0.05) is 24.7 Å². The normalized spacial score (nSPS) is 54.3. The third-order valence-corrected chi connectivity index (χ3v) is 7.24. The highest BCUT2D eigenvalue weighted by Crippen LogP contribution is 2.73. The molecule has 4 nitrogen and oxygen atoms in total. The van der Waals surface area contributed by atoms with Crippen LogP contribution in [-0.2, 0) is 9.53 Å². The molecular weight excluding hydrogens is 268 g/mol. The maximum atomic E-state index is 11.5. The Balaban J connectivity index is 2.06. The SMILES string of the molecule is CC(=O)O[C@]1(C)C[C@H](O)[C@@]23C[C@H]1C(C)(C)[C@@H]2C[C@H](O)[C@H]3C. The molecule has 2 bridgehead atoms. The predicted molar refractivity (Wildman–Crippen MR) is 78.4 cm³/mol. The molecule has 3 aliphatic carbocycles. The van der Waals surface area contributed by atoms with Crippen molar-refractivity contribution in [2.75, 3.05) is 0 Å². The van der Waals surface area contributed by atoms with Crippen molar-refractivity contribution >= 4 is 5.97 Å². The van der Waals surface area contributed by atoms with Gasteiger partial charge in [0.25, 0.3) is 0 Å². The smallest absolute Gasteiger partial charge is 0.303 e. The van der Waals surface area contributed by atoms with Crippen LogP contribution in [0.25, 0.3) is 0 Å². The Bertz CT molecular complexity index is 473. The Hall–Kier alpha value is -0.610. The van der Waals surface area contributed by atoms with Crippen molar-refractivity contribution in [3.63, 3.8) is 0 Å². The molecule has 0 aliphatic heterocycles. The van der Waals surface area contributed by atoms with Gasteiger partial charge in [0.1, 0.15) is 5.60 Å². The predicted octanol–water partition coefficient (Wildman–Crippen LogP) is 2.12. The first-order chi connectivity index (χ1) is 9.55. The van der Waals surface area contributed by atoms with Gasteiger partial charge in [-0.25, -0.2) is 0 Å². The minimum absolute atomic E-state index is 0.0482. The van der Waals surface area contributed by atoms with E-state index in [1.54, 1.807) is 0 Å². The van der Waals surface area contributed by atoms with E-state index in [4.69, 9.17) is 4.74 Å². The monoisotopic (exact) mass is 296 g/mol. The summed E-state index contributed by atoms with van der Waals surface area (Å²) in [5, 5.41) is 21.3. The molecule has 0 heterocycles. The van der Waals surface area contributed by atoms with E-state index in [9.17, 15) is 15.0 Å². The largest absolute Gasteiger partial charge is 0.459 e. The summed E-state index contributed by atoms with van der Waals surface area (Å²) in [6.07, 6.45) is 1.22. The second kappa shape index (κ2) is 4.23. The second-order valence-electron chi connectivity index (χ2n) is 8.46. The van der Waals surface area contributed by atoms with E-state index in [1.165, 1.54) is 6.92 Å². The van der Waals surface area contributed by atoms with E-state index in [0.717, 1.165) is 12.8 Å². The molecule has 0 aromatic heterocycles. The molecule has 3 fully saturated rings. The first-order valence-corrected chi connectivity index (χ1v) is 8.11. The Morgan fingerprint density at radius 3 is 2.33 bits per heavy atom. The molecule has 120 valence electrons. The third kappa shape index (κ3) is 1.72. The molecule has 7 atom stereocenters. The maximum absolute atomic E-state index is 11.5. The molecule has 3 rings (SSSR count). The average molecular weight is 296 g/mol. The Labute approximate surface area is 126 Å². The zero-order valence-corrected chi connectivity index (χ0v) is 13.7. The summed E-state index contributed by atoms with van der Waals surface area (Å²) in [5.41, 5.74) is -0.865. The van der Waals surface area contributed by atoms with Gasteiger partial charge in [0.2, 0.25) is 0 Å². The quantitative estimate of drug-likeness (QED) is 0.727. The van der Waals surface area contributed by atoms with Crippen molar-refractivity contribution in [2.24, 2.45) is 28.6 Å². The summed E-state index contributed by atoms with van der Waals surface area (Å²) in [6, 6.07) is 0. The minimum Gasteiger partial charge on any atom is -0.459 e. The second-order valence-corrected chi connectivity index (χ2v) is 8.46. The van der Waals surface area contributed by atoms with Crippen LogP contribution in [0.1, 0.15) is 53.9 Å². The molecule has 1 spiro atoms. The van der Waals surface area contributed by atoms with Crippen LogP contribution in [-0.4, -0.2) is 34.0 Å². The number of aliphatic hydroxyl groups is 2. The molecule has 0 amide bonds. The highest BCUT2D eigenvalue weighted by molar-refractivity contribution is 5.66. The number of rotatable bonds is 1. The summed E-state index contributed by atoms with van der Waals surface area (Å²) in [4.78, 5) is 11.5. The van der Waals surface area contributed by atoms with Crippen molar-refractivity contribution in [3.8, 4) is 0 Å². The van der Waals surface area contributed by atoms with Crippen LogP contribution in [0.5, 0.6) is 0 Å². The number of ether oxygens (including phenoxy) is 1. The van der Waals surface area contributed by atoms with Gasteiger partial charge >= 0.3 is 5.97 Å². The summed E-state index contributed by atoms with van der Waals surface area (Å²) in [6.45, 7) is 9.92. The van der Waals surface area contributed by atoms with Crippen molar-refractivity contribution in [3.05, 3.63) is 0 Å². The molecule has 3 aliphatic rings. The number of hydrogen-bond donors (Lipinski definition) is 2. The number of esters is 1. The lowest BCUT2D eigenvalue weighted by molar-refractivity contribution is -0.183. The lowest BCUT2D eigenvalue weighted by atomic mass is 9.62. The van der Waals surface area contributed by atoms with E-state index >= 15 is 0 Å². The van der Waals surface area contributed by atoms with Crippen LogP contribution in [0, 0.1) is 28.6 Å². The van der Waals surface area contributed by atoms with Gasteiger partial charge in [-0.1, -0.05) is 20.8 Å². The van der Waals surface area contributed by atoms with Gasteiger partial charge in [-0.3, -0.25) is 4.79 Å². The first-order valence-electron chi connectivity index (χ1n) is 8.11. The van der Waals surface area contributed by atoms with Gasteiger partial charge in [-0.2, -0.15) is 0 Å². The summed E-state index contributed by atoms with van der Waals surface area (Å²) in [5.74, 6) is 0.342. The van der Waals surface area contributed by atoms with E-state index < -0.39 is 11.7 Å². The highest BCUT2D eigenvalue weighted by Gasteiger charge is 2.73. The molecule has 0 saturated heterocycles. The summed E-state index contributed by atoms with van der Waals surface area (Å²) >= 11 is 0. The van der Waals surface area contributed by atoms with Crippen LogP contribution in [0.4, 0.5) is 0 Å². The van der Waals surface area contributed by atoms with Gasteiger partial charge in [-0.05, 0) is 37.0 Å². The Morgan fingerprint density at radius 1 is 1.14 bits per heavy atom. The van der Waals surface area contributed by atoms with E-state index in [1.807, 2.05) is 6.92 Å². The number of hydrogen-bond acceptors (Lipinski definition) is 4. The number of carbonyl (C=O) groups excluding carboxylic acids is 1. The fourth-order valence-electron chi connectivity index (χ4n) is 6.36. The summed E-state index contributed by atoms with van der Waals surface area (Å²) < 4.78 is 5.68. The molecule has 0 aromatic carbocycles. The van der Waals surface area contributed by atoms with Crippen molar-refractivity contribution < 1.29 is 19.7 Å². The maximum Gasteiger partial charge on any atom is 0.303 e. The van der Waals surface area contributed by atoms with Crippen LogP contribution in [0.2, 0.25) is 0 Å². The number of aliphatic hydroxyl groups excluding tert-OH is 2. The molecule has 4 heteroatoms. The van der Waals surface area contributed by atoms with Crippen molar-refractivity contribution in [2.45, 2.75) is 71.7 Å². The topological polar surface area (TPSA) is 66.8 Å². The van der Waals surface area contributed by atoms with Crippen LogP contribution in [0.3, 0.4) is 0 Å². The standard InChI is InChI=1S/C17H28O4/c1-9-11(19)6-12-15(3,4)13-7-17(9,12)14(20)8-16(13,5)21-10(2)18/h9,11-14,19-20H,6-8H2,1-5H3/t9-,11+,12+,13+,14+,16-,17-/m1/s1. The van der Waals surface area contributed by atoms with Crippen LogP contribution in [0.15, 0.2) is 0 Å².